The van der Waals surface area contributed by atoms with E-state index in [9.17, 15) is 14.7 Å². The number of amides is 1. The van der Waals surface area contributed by atoms with Crippen molar-refractivity contribution < 1.29 is 19.4 Å². The fourth-order valence-corrected chi connectivity index (χ4v) is 2.87. The summed E-state index contributed by atoms with van der Waals surface area (Å²) in [6.07, 6.45) is -0.351. The summed E-state index contributed by atoms with van der Waals surface area (Å²) < 4.78 is 5.63. The van der Waals surface area contributed by atoms with E-state index in [2.05, 4.69) is 29.4 Å². The van der Waals surface area contributed by atoms with Crippen LogP contribution in [-0.2, 0) is 9.59 Å². The summed E-state index contributed by atoms with van der Waals surface area (Å²) in [6, 6.07) is 7.50. The molecule has 1 aliphatic heterocycles. The molecular formula is C17H20N3O4S-. The molecule has 1 amide bonds. The number of rotatable bonds is 7. The van der Waals surface area contributed by atoms with Gasteiger partial charge in [-0.15, -0.1) is 5.10 Å². The molecule has 1 saturated heterocycles. The quantitative estimate of drug-likeness (QED) is 0.579. The Balaban J connectivity index is 1.99. The second-order valence-corrected chi connectivity index (χ2v) is 7.18. The molecule has 0 radical (unpaired) electrons. The Hall–Kier alpha value is -2.35. The van der Waals surface area contributed by atoms with Crippen LogP contribution in [-0.4, -0.2) is 34.6 Å². The number of hydrogen-bond donors (Lipinski definition) is 1. The molecule has 0 spiro atoms. The Morgan fingerprint density at radius 3 is 2.64 bits per heavy atom. The Bertz CT molecular complexity index is 698. The Morgan fingerprint density at radius 1 is 1.36 bits per heavy atom. The summed E-state index contributed by atoms with van der Waals surface area (Å²) >= 11 is 1.04. The van der Waals surface area contributed by atoms with E-state index >= 15 is 0 Å². The number of thioether (sulfide) groups is 1. The molecule has 0 aliphatic carbocycles. The molecule has 1 heterocycles. The van der Waals surface area contributed by atoms with Crippen LogP contribution in [0.2, 0.25) is 0 Å². The van der Waals surface area contributed by atoms with E-state index in [1.165, 1.54) is 0 Å². The minimum Gasteiger partial charge on any atom is -0.550 e. The molecule has 1 aromatic carbocycles. The number of hydrogen-bond acceptors (Lipinski definition) is 7. The van der Waals surface area contributed by atoms with Crippen molar-refractivity contribution in [3.63, 3.8) is 0 Å². The fourth-order valence-electron chi connectivity index (χ4n) is 1.97. The lowest BCUT2D eigenvalue weighted by molar-refractivity contribution is -0.305. The molecule has 1 aromatic rings. The second kappa shape index (κ2) is 8.66. The van der Waals surface area contributed by atoms with Gasteiger partial charge in [-0.1, -0.05) is 25.6 Å². The summed E-state index contributed by atoms with van der Waals surface area (Å²) in [5, 5.41) is 20.7. The zero-order chi connectivity index (χ0) is 18.4. The number of benzene rings is 1. The van der Waals surface area contributed by atoms with Gasteiger partial charge in [-0.25, -0.2) is 0 Å². The molecule has 1 aliphatic rings. The van der Waals surface area contributed by atoms with Crippen LogP contribution in [0, 0.1) is 5.92 Å². The van der Waals surface area contributed by atoms with Crippen molar-refractivity contribution in [2.75, 3.05) is 6.61 Å². The standard InChI is InChI=1S/C17H21N3O4S/c1-10(2)9-24-13-6-4-12(5-7-13)11(3)19-20-17-18-16(23)14(25-17)8-15(21)22/h4-7,10,14H,8-9H2,1-3H3,(H,21,22)(H,18,20,23)/p-1/b19-11-/t14-/m1/s1. The lowest BCUT2D eigenvalue weighted by Gasteiger charge is -2.08. The first-order valence-corrected chi connectivity index (χ1v) is 8.76. The van der Waals surface area contributed by atoms with Gasteiger partial charge in [0.1, 0.15) is 5.75 Å². The Morgan fingerprint density at radius 2 is 2.04 bits per heavy atom. The van der Waals surface area contributed by atoms with Gasteiger partial charge in [0.05, 0.1) is 17.6 Å². The van der Waals surface area contributed by atoms with Crippen LogP contribution in [0.3, 0.4) is 0 Å². The monoisotopic (exact) mass is 362 g/mol. The van der Waals surface area contributed by atoms with Crippen LogP contribution in [0.25, 0.3) is 0 Å². The maximum absolute atomic E-state index is 11.6. The zero-order valence-corrected chi connectivity index (χ0v) is 15.1. The fraction of sp³-hybridized carbons (Fsp3) is 0.412. The highest BCUT2D eigenvalue weighted by atomic mass is 32.2. The van der Waals surface area contributed by atoms with E-state index in [1.54, 1.807) is 6.92 Å². The average molecular weight is 362 g/mol. The molecule has 1 N–H and O–H groups in total. The molecule has 0 bridgehead atoms. The summed E-state index contributed by atoms with van der Waals surface area (Å²) in [7, 11) is 0. The number of nitrogens with one attached hydrogen (secondary N) is 1. The zero-order valence-electron chi connectivity index (χ0n) is 14.3. The van der Waals surface area contributed by atoms with E-state index in [0.29, 0.717) is 18.2 Å². The molecule has 8 heteroatoms. The van der Waals surface area contributed by atoms with Gasteiger partial charge in [-0.05, 0) is 42.7 Å². The topological polar surface area (TPSA) is 103 Å². The van der Waals surface area contributed by atoms with Gasteiger partial charge in [0, 0.05) is 12.4 Å². The summed E-state index contributed by atoms with van der Waals surface area (Å²) in [5.74, 6) is -0.417. The highest BCUT2D eigenvalue weighted by Gasteiger charge is 2.30. The molecule has 25 heavy (non-hydrogen) atoms. The molecule has 0 saturated carbocycles. The number of carboxylic acids is 1. The number of carbonyl (C=O) groups is 2. The third-order valence-corrected chi connectivity index (χ3v) is 4.35. The lowest BCUT2D eigenvalue weighted by atomic mass is 10.1. The Labute approximate surface area is 150 Å². The van der Waals surface area contributed by atoms with Gasteiger partial charge in [0.2, 0.25) is 5.91 Å². The van der Waals surface area contributed by atoms with Crippen LogP contribution in [0.5, 0.6) is 5.75 Å². The number of aliphatic carboxylic acids is 1. The number of ether oxygens (including phenoxy) is 1. The smallest absolute Gasteiger partial charge is 0.239 e. The van der Waals surface area contributed by atoms with E-state index in [-0.39, 0.29) is 11.6 Å². The largest absolute Gasteiger partial charge is 0.550 e. The third kappa shape index (κ3) is 5.90. The molecule has 1 fully saturated rings. The van der Waals surface area contributed by atoms with E-state index in [1.807, 2.05) is 24.3 Å². The first-order valence-electron chi connectivity index (χ1n) is 7.88. The van der Waals surface area contributed by atoms with Crippen LogP contribution in [0.4, 0.5) is 0 Å². The van der Waals surface area contributed by atoms with E-state index in [4.69, 9.17) is 4.74 Å². The van der Waals surface area contributed by atoms with Crippen molar-refractivity contribution in [3.05, 3.63) is 29.8 Å². The van der Waals surface area contributed by atoms with Crippen LogP contribution in [0.15, 0.2) is 34.5 Å². The maximum Gasteiger partial charge on any atom is 0.239 e. The molecular weight excluding hydrogens is 342 g/mol. The van der Waals surface area contributed by atoms with Gasteiger partial charge < -0.3 is 20.0 Å². The summed E-state index contributed by atoms with van der Waals surface area (Å²) in [6.45, 7) is 6.63. The maximum atomic E-state index is 11.6. The van der Waals surface area contributed by atoms with E-state index < -0.39 is 17.1 Å². The summed E-state index contributed by atoms with van der Waals surface area (Å²) in [4.78, 5) is 22.2. The van der Waals surface area contributed by atoms with Crippen LogP contribution < -0.4 is 15.2 Å². The number of amidine groups is 1. The highest BCUT2D eigenvalue weighted by molar-refractivity contribution is 8.15. The molecule has 1 atom stereocenters. The predicted octanol–water partition coefficient (Wildman–Crippen LogP) is 1.17. The van der Waals surface area contributed by atoms with Crippen LogP contribution in [0.1, 0.15) is 32.8 Å². The minimum absolute atomic E-state index is 0.285. The van der Waals surface area contributed by atoms with Gasteiger partial charge in [0.15, 0.2) is 5.17 Å². The first-order chi connectivity index (χ1) is 11.8. The molecule has 0 aromatic heterocycles. The normalized spacial score (nSPS) is 19.4. The molecule has 134 valence electrons. The average Bonchev–Trinajstić information content (AvgIpc) is 2.90. The molecule has 2 rings (SSSR count). The Kier molecular flexibility index (Phi) is 6.58. The molecule has 0 unspecified atom stereocenters. The highest BCUT2D eigenvalue weighted by Crippen LogP contribution is 2.22. The number of carboxylic acid groups (broad SMARTS) is 1. The van der Waals surface area contributed by atoms with Crippen molar-refractivity contribution >= 4 is 34.5 Å². The van der Waals surface area contributed by atoms with Gasteiger partial charge in [-0.3, -0.25) is 4.79 Å². The SMILES string of the molecule is C/C(=N/N=C1/NC(=O)[C@@H](CC(=O)[O-])S1)c1ccc(OCC(C)C)cc1. The second-order valence-electron chi connectivity index (χ2n) is 5.99. The summed E-state index contributed by atoms with van der Waals surface area (Å²) in [5.41, 5.74) is 1.54. The van der Waals surface area contributed by atoms with E-state index in [0.717, 1.165) is 23.1 Å². The third-order valence-electron chi connectivity index (χ3n) is 3.27. The van der Waals surface area contributed by atoms with Crippen LogP contribution >= 0.6 is 11.8 Å². The van der Waals surface area contributed by atoms with Crippen molar-refractivity contribution in [1.82, 2.24) is 5.32 Å². The number of carbonyl (C=O) groups excluding carboxylic acids is 2. The number of nitrogens with zero attached hydrogens (tertiary/aromatic N) is 2. The first kappa shape index (κ1) is 19.0. The minimum atomic E-state index is -1.27. The van der Waals surface area contributed by atoms with Crippen molar-refractivity contribution in [2.24, 2.45) is 16.1 Å². The van der Waals surface area contributed by atoms with Gasteiger partial charge in [0.25, 0.3) is 0 Å². The van der Waals surface area contributed by atoms with Gasteiger partial charge in [-0.2, -0.15) is 5.10 Å². The van der Waals surface area contributed by atoms with Crippen molar-refractivity contribution in [1.29, 1.82) is 0 Å². The van der Waals surface area contributed by atoms with Crippen molar-refractivity contribution in [2.45, 2.75) is 32.4 Å². The predicted molar refractivity (Wildman–Crippen MR) is 95.6 cm³/mol. The molecule has 7 nitrogen and oxygen atoms in total. The lowest BCUT2D eigenvalue weighted by Crippen LogP contribution is -2.31. The van der Waals surface area contributed by atoms with Crippen molar-refractivity contribution in [3.8, 4) is 5.75 Å². The van der Waals surface area contributed by atoms with Gasteiger partial charge >= 0.3 is 0 Å².